The molecule has 2 aromatic rings. The van der Waals surface area contributed by atoms with Gasteiger partial charge in [-0.05, 0) is 19.3 Å². The second-order valence-corrected chi connectivity index (χ2v) is 5.61. The number of aromatic nitrogens is 2. The Balaban J connectivity index is 1.79. The molecule has 1 atom stereocenters. The Bertz CT molecular complexity index is 644. The second-order valence-electron chi connectivity index (χ2n) is 5.61. The number of nitrogens with one attached hydrogen (secondary N) is 1. The van der Waals surface area contributed by atoms with Crippen LogP contribution in [0.15, 0.2) is 42.7 Å². The summed E-state index contributed by atoms with van der Waals surface area (Å²) in [6, 6.07) is 9.70. The fourth-order valence-corrected chi connectivity index (χ4v) is 2.69. The maximum atomic E-state index is 12.3. The van der Waals surface area contributed by atoms with E-state index in [9.17, 15) is 4.79 Å². The Kier molecular flexibility index (Phi) is 4.32. The van der Waals surface area contributed by atoms with Gasteiger partial charge in [0.1, 0.15) is 11.9 Å². The quantitative estimate of drug-likeness (QED) is 0.945. The van der Waals surface area contributed by atoms with Gasteiger partial charge in [0.05, 0.1) is 18.1 Å². The smallest absolute Gasteiger partial charge is 0.244 e. The highest BCUT2D eigenvalue weighted by molar-refractivity contribution is 5.84. The highest BCUT2D eigenvalue weighted by Gasteiger charge is 2.24. The predicted molar refractivity (Wildman–Crippen MR) is 86.4 cm³/mol. The lowest BCUT2D eigenvalue weighted by Crippen LogP contribution is -2.39. The average molecular weight is 296 g/mol. The van der Waals surface area contributed by atoms with E-state index in [1.807, 2.05) is 37.4 Å². The monoisotopic (exact) mass is 296 g/mol. The van der Waals surface area contributed by atoms with Crippen LogP contribution in [0.4, 0.5) is 5.82 Å². The summed E-state index contributed by atoms with van der Waals surface area (Å²) in [5, 5.41) is 3.25. The molecule has 1 N–H and O–H groups in total. The average Bonchev–Trinajstić information content (AvgIpc) is 2.72. The minimum absolute atomic E-state index is 0.129. The lowest BCUT2D eigenvalue weighted by Gasteiger charge is -2.21. The lowest BCUT2D eigenvalue weighted by molar-refractivity contribution is -0.130. The number of rotatable bonds is 3. The number of likely N-dealkylation sites (tertiary alicyclic amines) is 1. The van der Waals surface area contributed by atoms with Gasteiger partial charge >= 0.3 is 0 Å². The molecule has 1 aromatic heterocycles. The zero-order valence-electron chi connectivity index (χ0n) is 12.7. The van der Waals surface area contributed by atoms with Gasteiger partial charge in [-0.3, -0.25) is 9.78 Å². The van der Waals surface area contributed by atoms with E-state index in [0.717, 1.165) is 37.1 Å². The fraction of sp³-hybridized carbons (Fsp3) is 0.353. The van der Waals surface area contributed by atoms with Crippen LogP contribution in [0.3, 0.4) is 0 Å². The molecular weight excluding hydrogens is 276 g/mol. The maximum Gasteiger partial charge on any atom is 0.244 e. The highest BCUT2D eigenvalue weighted by Crippen LogP contribution is 2.19. The molecule has 0 radical (unpaired) electrons. The van der Waals surface area contributed by atoms with Crippen molar-refractivity contribution in [3.63, 3.8) is 0 Å². The number of carbonyl (C=O) groups is 1. The van der Waals surface area contributed by atoms with Crippen LogP contribution in [0.25, 0.3) is 11.3 Å². The van der Waals surface area contributed by atoms with Gasteiger partial charge in [-0.1, -0.05) is 30.3 Å². The molecule has 1 amide bonds. The third-order valence-corrected chi connectivity index (χ3v) is 3.94. The minimum atomic E-state index is -0.215. The van der Waals surface area contributed by atoms with E-state index in [-0.39, 0.29) is 11.9 Å². The van der Waals surface area contributed by atoms with Crippen LogP contribution in [0.5, 0.6) is 0 Å². The predicted octanol–water partition coefficient (Wildman–Crippen LogP) is 2.57. The number of benzene rings is 1. The molecule has 2 heterocycles. The van der Waals surface area contributed by atoms with Crippen LogP contribution in [-0.2, 0) is 4.79 Å². The molecule has 3 rings (SSSR count). The molecule has 22 heavy (non-hydrogen) atoms. The van der Waals surface area contributed by atoms with Crippen LogP contribution in [0.1, 0.15) is 19.3 Å². The normalized spacial score (nSPS) is 18.9. The third kappa shape index (κ3) is 3.24. The number of anilines is 1. The van der Waals surface area contributed by atoms with Crippen molar-refractivity contribution >= 4 is 11.7 Å². The first-order valence-electron chi connectivity index (χ1n) is 7.63. The first-order chi connectivity index (χ1) is 10.7. The van der Waals surface area contributed by atoms with E-state index in [1.54, 1.807) is 17.3 Å². The summed E-state index contributed by atoms with van der Waals surface area (Å²) in [4.78, 5) is 22.9. The van der Waals surface area contributed by atoms with Crippen molar-refractivity contribution in [3.8, 4) is 11.3 Å². The van der Waals surface area contributed by atoms with Gasteiger partial charge < -0.3 is 10.2 Å². The number of hydrogen-bond donors (Lipinski definition) is 1. The van der Waals surface area contributed by atoms with Crippen molar-refractivity contribution in [2.45, 2.75) is 25.3 Å². The zero-order valence-corrected chi connectivity index (χ0v) is 12.7. The van der Waals surface area contributed by atoms with Gasteiger partial charge in [0.2, 0.25) is 5.91 Å². The topological polar surface area (TPSA) is 58.1 Å². The van der Waals surface area contributed by atoms with Gasteiger partial charge in [-0.25, -0.2) is 4.98 Å². The molecule has 5 nitrogen and oxygen atoms in total. The first-order valence-corrected chi connectivity index (χ1v) is 7.63. The van der Waals surface area contributed by atoms with Crippen molar-refractivity contribution in [3.05, 3.63) is 42.7 Å². The SMILES string of the molecule is CN1CCCC[C@@H](Nc2cncc(-c3ccccc3)n2)C1=O. The summed E-state index contributed by atoms with van der Waals surface area (Å²) in [6.07, 6.45) is 6.34. The fourth-order valence-electron chi connectivity index (χ4n) is 2.69. The van der Waals surface area contributed by atoms with Crippen molar-refractivity contribution in [2.24, 2.45) is 0 Å². The summed E-state index contributed by atoms with van der Waals surface area (Å²) >= 11 is 0. The van der Waals surface area contributed by atoms with Crippen LogP contribution in [0, 0.1) is 0 Å². The van der Waals surface area contributed by atoms with Crippen molar-refractivity contribution < 1.29 is 4.79 Å². The van der Waals surface area contributed by atoms with Gasteiger partial charge in [0.25, 0.3) is 0 Å². The van der Waals surface area contributed by atoms with Gasteiger partial charge in [0.15, 0.2) is 0 Å². The molecule has 0 bridgehead atoms. The van der Waals surface area contributed by atoms with E-state index in [2.05, 4.69) is 15.3 Å². The maximum absolute atomic E-state index is 12.3. The Labute approximate surface area is 130 Å². The van der Waals surface area contributed by atoms with E-state index >= 15 is 0 Å². The standard InChI is InChI=1S/C17H20N4O/c1-21-10-6-5-9-14(17(21)22)19-16-12-18-11-15(20-16)13-7-3-2-4-8-13/h2-4,7-8,11-12,14H,5-6,9-10H2,1H3,(H,19,20)/t14-/m1/s1. The summed E-state index contributed by atoms with van der Waals surface area (Å²) in [6.45, 7) is 0.826. The van der Waals surface area contributed by atoms with Crippen LogP contribution >= 0.6 is 0 Å². The van der Waals surface area contributed by atoms with Crippen LogP contribution in [-0.4, -0.2) is 40.4 Å². The largest absolute Gasteiger partial charge is 0.357 e. The molecule has 5 heteroatoms. The van der Waals surface area contributed by atoms with Crippen molar-refractivity contribution in [1.82, 2.24) is 14.9 Å². The second kappa shape index (κ2) is 6.56. The molecule has 0 saturated carbocycles. The van der Waals surface area contributed by atoms with Crippen molar-refractivity contribution in [2.75, 3.05) is 18.9 Å². The van der Waals surface area contributed by atoms with E-state index in [0.29, 0.717) is 5.82 Å². The zero-order chi connectivity index (χ0) is 15.4. The summed E-state index contributed by atoms with van der Waals surface area (Å²) in [5.41, 5.74) is 1.82. The van der Waals surface area contributed by atoms with E-state index < -0.39 is 0 Å². The molecule has 0 unspecified atom stereocenters. The Hall–Kier alpha value is -2.43. The third-order valence-electron chi connectivity index (χ3n) is 3.94. The van der Waals surface area contributed by atoms with Crippen molar-refractivity contribution in [1.29, 1.82) is 0 Å². The van der Waals surface area contributed by atoms with Gasteiger partial charge in [0, 0.05) is 19.2 Å². The molecule has 1 aromatic carbocycles. The van der Waals surface area contributed by atoms with Gasteiger partial charge in [-0.2, -0.15) is 0 Å². The molecule has 1 aliphatic heterocycles. The number of likely N-dealkylation sites (N-methyl/N-ethyl adjacent to an activating group) is 1. The summed E-state index contributed by atoms with van der Waals surface area (Å²) < 4.78 is 0. The number of nitrogens with zero attached hydrogens (tertiary/aromatic N) is 3. The first kappa shape index (κ1) is 14.5. The molecule has 0 aliphatic carbocycles. The van der Waals surface area contributed by atoms with Gasteiger partial charge in [-0.15, -0.1) is 0 Å². The lowest BCUT2D eigenvalue weighted by atomic mass is 10.1. The molecule has 114 valence electrons. The molecule has 1 fully saturated rings. The minimum Gasteiger partial charge on any atom is -0.357 e. The summed E-state index contributed by atoms with van der Waals surface area (Å²) in [5.74, 6) is 0.777. The number of carbonyl (C=O) groups excluding carboxylic acids is 1. The molecule has 0 spiro atoms. The highest BCUT2D eigenvalue weighted by atomic mass is 16.2. The Morgan fingerprint density at radius 2 is 2.00 bits per heavy atom. The van der Waals surface area contributed by atoms with Crippen LogP contribution < -0.4 is 5.32 Å². The van der Waals surface area contributed by atoms with Crippen LogP contribution in [0.2, 0.25) is 0 Å². The Morgan fingerprint density at radius 1 is 1.18 bits per heavy atom. The summed E-state index contributed by atoms with van der Waals surface area (Å²) in [7, 11) is 1.86. The molecular formula is C17H20N4O. The molecule has 1 aliphatic rings. The number of hydrogen-bond acceptors (Lipinski definition) is 4. The molecule has 1 saturated heterocycles. The number of amides is 1. The van der Waals surface area contributed by atoms with E-state index in [4.69, 9.17) is 0 Å². The Morgan fingerprint density at radius 3 is 2.82 bits per heavy atom. The van der Waals surface area contributed by atoms with E-state index in [1.165, 1.54) is 0 Å².